The van der Waals surface area contributed by atoms with Gasteiger partial charge in [0.2, 0.25) is 0 Å². The van der Waals surface area contributed by atoms with E-state index in [0.29, 0.717) is 19.3 Å². The smallest absolute Gasteiger partial charge is 0.323 e. The van der Waals surface area contributed by atoms with Crippen molar-refractivity contribution >= 4 is 17.7 Å². The van der Waals surface area contributed by atoms with E-state index in [9.17, 15) is 14.4 Å². The quantitative estimate of drug-likeness (QED) is 0.547. The Morgan fingerprint density at radius 3 is 2.18 bits per heavy atom. The summed E-state index contributed by atoms with van der Waals surface area (Å²) in [6.45, 7) is 1.49. The van der Waals surface area contributed by atoms with E-state index in [-0.39, 0.29) is 18.1 Å². The van der Waals surface area contributed by atoms with E-state index in [1.807, 2.05) is 0 Å². The Bertz CT molecular complexity index is 318. The number of esters is 2. The Labute approximate surface area is 100 Å². The lowest BCUT2D eigenvalue weighted by atomic mass is 9.69. The SMILES string of the molecule is COC(=O)C(C)(C(=O)OC)[C@@H]1CCCC(=O)C1. The van der Waals surface area contributed by atoms with E-state index in [2.05, 4.69) is 9.47 Å². The molecule has 1 rings (SSSR count). The summed E-state index contributed by atoms with van der Waals surface area (Å²) in [7, 11) is 2.46. The maximum absolute atomic E-state index is 11.8. The Morgan fingerprint density at radius 2 is 1.76 bits per heavy atom. The first kappa shape index (κ1) is 13.7. The van der Waals surface area contributed by atoms with Crippen molar-refractivity contribution in [2.75, 3.05) is 14.2 Å². The second kappa shape index (κ2) is 5.29. The van der Waals surface area contributed by atoms with Gasteiger partial charge in [0, 0.05) is 12.8 Å². The third-order valence-corrected chi connectivity index (χ3v) is 3.52. The van der Waals surface area contributed by atoms with Crippen LogP contribution in [-0.4, -0.2) is 31.9 Å². The molecule has 1 atom stereocenters. The summed E-state index contributed by atoms with van der Waals surface area (Å²) in [4.78, 5) is 35.0. The minimum absolute atomic E-state index is 0.0836. The molecule has 0 N–H and O–H groups in total. The van der Waals surface area contributed by atoms with Crippen LogP contribution in [0.2, 0.25) is 0 Å². The molecule has 0 aromatic rings. The number of ether oxygens (including phenoxy) is 2. The minimum atomic E-state index is -1.38. The van der Waals surface area contributed by atoms with Gasteiger partial charge in [-0.2, -0.15) is 0 Å². The van der Waals surface area contributed by atoms with Gasteiger partial charge in [-0.25, -0.2) is 0 Å². The molecule has 5 heteroatoms. The highest BCUT2D eigenvalue weighted by molar-refractivity contribution is 6.00. The van der Waals surface area contributed by atoms with Crippen molar-refractivity contribution in [3.05, 3.63) is 0 Å². The molecule has 1 fully saturated rings. The molecule has 96 valence electrons. The van der Waals surface area contributed by atoms with Gasteiger partial charge in [0.15, 0.2) is 5.41 Å². The van der Waals surface area contributed by atoms with E-state index in [0.717, 1.165) is 0 Å². The lowest BCUT2D eigenvalue weighted by Crippen LogP contribution is -2.46. The Morgan fingerprint density at radius 1 is 1.24 bits per heavy atom. The number of hydrogen-bond donors (Lipinski definition) is 0. The lowest BCUT2D eigenvalue weighted by molar-refractivity contribution is -0.173. The van der Waals surface area contributed by atoms with Gasteiger partial charge in [-0.3, -0.25) is 14.4 Å². The summed E-state index contributed by atoms with van der Waals surface area (Å²) in [5.74, 6) is -1.52. The Hall–Kier alpha value is -1.39. The van der Waals surface area contributed by atoms with Crippen molar-refractivity contribution < 1.29 is 23.9 Å². The summed E-state index contributed by atoms with van der Waals surface area (Å²) in [6, 6.07) is 0. The van der Waals surface area contributed by atoms with Crippen LogP contribution in [0.15, 0.2) is 0 Å². The molecule has 0 amide bonds. The molecule has 0 aliphatic heterocycles. The predicted octanol–water partition coefficient (Wildman–Crippen LogP) is 1.10. The van der Waals surface area contributed by atoms with Gasteiger partial charge in [-0.1, -0.05) is 0 Å². The summed E-state index contributed by atoms with van der Waals surface area (Å²) in [6.07, 6.45) is 2.12. The van der Waals surface area contributed by atoms with Crippen molar-refractivity contribution in [1.29, 1.82) is 0 Å². The van der Waals surface area contributed by atoms with Crippen LogP contribution < -0.4 is 0 Å². The Balaban J connectivity index is 3.00. The summed E-state index contributed by atoms with van der Waals surface area (Å²) in [5.41, 5.74) is -1.38. The van der Waals surface area contributed by atoms with Gasteiger partial charge in [0.1, 0.15) is 5.78 Å². The molecular formula is C12H18O5. The van der Waals surface area contributed by atoms with Crippen molar-refractivity contribution in [2.24, 2.45) is 11.3 Å². The number of Topliss-reactive ketones (excluding diaryl/α,β-unsaturated/α-hetero) is 1. The Kier molecular flexibility index (Phi) is 4.26. The van der Waals surface area contributed by atoms with E-state index >= 15 is 0 Å². The van der Waals surface area contributed by atoms with Gasteiger partial charge in [0.05, 0.1) is 14.2 Å². The molecule has 1 aliphatic carbocycles. The molecule has 0 unspecified atom stereocenters. The number of ketones is 1. The highest BCUT2D eigenvalue weighted by Gasteiger charge is 2.51. The van der Waals surface area contributed by atoms with E-state index in [1.165, 1.54) is 21.1 Å². The maximum atomic E-state index is 11.8. The summed E-state index contributed by atoms with van der Waals surface area (Å²) >= 11 is 0. The molecule has 0 aromatic carbocycles. The van der Waals surface area contributed by atoms with Crippen LogP contribution in [0.1, 0.15) is 32.6 Å². The van der Waals surface area contributed by atoms with Crippen LogP contribution >= 0.6 is 0 Å². The molecule has 17 heavy (non-hydrogen) atoms. The summed E-state index contributed by atoms with van der Waals surface area (Å²) < 4.78 is 9.35. The third-order valence-electron chi connectivity index (χ3n) is 3.52. The van der Waals surface area contributed by atoms with Gasteiger partial charge in [-0.15, -0.1) is 0 Å². The highest BCUT2D eigenvalue weighted by atomic mass is 16.5. The van der Waals surface area contributed by atoms with Gasteiger partial charge < -0.3 is 9.47 Å². The molecule has 0 bridgehead atoms. The van der Waals surface area contributed by atoms with Crippen molar-refractivity contribution in [2.45, 2.75) is 32.6 Å². The van der Waals surface area contributed by atoms with Crippen LogP contribution in [0, 0.1) is 11.3 Å². The lowest BCUT2D eigenvalue weighted by Gasteiger charge is -2.34. The molecule has 1 aliphatic rings. The highest BCUT2D eigenvalue weighted by Crippen LogP contribution is 2.39. The normalized spacial score (nSPS) is 20.9. The number of rotatable bonds is 3. The zero-order valence-electron chi connectivity index (χ0n) is 10.4. The number of hydrogen-bond acceptors (Lipinski definition) is 5. The molecule has 0 saturated heterocycles. The average Bonchev–Trinajstić information content (AvgIpc) is 2.35. The molecule has 5 nitrogen and oxygen atoms in total. The predicted molar refractivity (Wildman–Crippen MR) is 59.1 cm³/mol. The first-order valence-corrected chi connectivity index (χ1v) is 5.65. The van der Waals surface area contributed by atoms with Gasteiger partial charge in [-0.05, 0) is 25.7 Å². The molecule has 0 aromatic heterocycles. The monoisotopic (exact) mass is 242 g/mol. The average molecular weight is 242 g/mol. The second-order valence-electron chi connectivity index (χ2n) is 4.52. The topological polar surface area (TPSA) is 69.7 Å². The van der Waals surface area contributed by atoms with Crippen LogP contribution in [0.3, 0.4) is 0 Å². The summed E-state index contributed by atoms with van der Waals surface area (Å²) in [5, 5.41) is 0. The van der Waals surface area contributed by atoms with Crippen LogP contribution in [0.4, 0.5) is 0 Å². The number of carbonyl (C=O) groups excluding carboxylic acids is 3. The molecule has 0 radical (unpaired) electrons. The molecular weight excluding hydrogens is 224 g/mol. The zero-order valence-corrected chi connectivity index (χ0v) is 10.4. The van der Waals surface area contributed by atoms with Crippen LogP contribution in [-0.2, 0) is 23.9 Å². The van der Waals surface area contributed by atoms with Crippen molar-refractivity contribution in [3.63, 3.8) is 0 Å². The van der Waals surface area contributed by atoms with Crippen LogP contribution in [0.25, 0.3) is 0 Å². The first-order chi connectivity index (χ1) is 7.96. The van der Waals surface area contributed by atoms with E-state index < -0.39 is 17.4 Å². The number of carbonyl (C=O) groups is 3. The van der Waals surface area contributed by atoms with Crippen molar-refractivity contribution in [3.8, 4) is 0 Å². The van der Waals surface area contributed by atoms with E-state index in [4.69, 9.17) is 0 Å². The largest absolute Gasteiger partial charge is 0.468 e. The molecule has 0 spiro atoms. The molecule has 1 saturated carbocycles. The minimum Gasteiger partial charge on any atom is -0.468 e. The first-order valence-electron chi connectivity index (χ1n) is 5.65. The molecule has 0 heterocycles. The third kappa shape index (κ3) is 2.48. The fraction of sp³-hybridized carbons (Fsp3) is 0.750. The van der Waals surface area contributed by atoms with E-state index in [1.54, 1.807) is 0 Å². The fourth-order valence-electron chi connectivity index (χ4n) is 2.36. The van der Waals surface area contributed by atoms with Gasteiger partial charge in [0.25, 0.3) is 0 Å². The standard InChI is InChI=1S/C12H18O5/c1-12(10(14)16-2,11(15)17-3)8-5-4-6-9(13)7-8/h8H,4-7H2,1-3H3/t8-/m1/s1. The number of methoxy groups -OCH3 is 2. The van der Waals surface area contributed by atoms with Gasteiger partial charge >= 0.3 is 11.9 Å². The van der Waals surface area contributed by atoms with Crippen LogP contribution in [0.5, 0.6) is 0 Å². The van der Waals surface area contributed by atoms with Crippen molar-refractivity contribution in [1.82, 2.24) is 0 Å². The zero-order chi connectivity index (χ0) is 13.1. The maximum Gasteiger partial charge on any atom is 0.323 e. The second-order valence-corrected chi connectivity index (χ2v) is 4.52. The fourth-order valence-corrected chi connectivity index (χ4v) is 2.36.